The highest BCUT2D eigenvalue weighted by Gasteiger charge is 2.13. The number of hydrogen-bond donors (Lipinski definition) is 0. The number of aryl methyl sites for hydroxylation is 2. The van der Waals surface area contributed by atoms with E-state index in [9.17, 15) is 22.0 Å². The van der Waals surface area contributed by atoms with Crippen LogP contribution in [0.25, 0.3) is 10.8 Å². The van der Waals surface area contributed by atoms with E-state index >= 15 is 0 Å². The Labute approximate surface area is 195 Å². The van der Waals surface area contributed by atoms with Crippen molar-refractivity contribution in [1.82, 2.24) is 0 Å². The summed E-state index contributed by atoms with van der Waals surface area (Å²) >= 11 is 0. The second-order valence-electron chi connectivity index (χ2n) is 8.16. The fourth-order valence-electron chi connectivity index (χ4n) is 3.88. The van der Waals surface area contributed by atoms with E-state index in [4.69, 9.17) is 0 Å². The summed E-state index contributed by atoms with van der Waals surface area (Å²) in [6.07, 6.45) is 2.19. The molecular weight excluding hydrogens is 443 g/mol. The molecule has 0 fully saturated rings. The van der Waals surface area contributed by atoms with Crippen LogP contribution in [0, 0.1) is 40.9 Å². The standard InChI is InChI=1S/C29H21F5/c1-2-3-21-15-25(30)24(26(31)16-21)13-10-19-6-4-18(5-7-19)8-9-20-11-12-23-22(14-20)17-27(32)29(34)28(23)33/h4-7,11-12,14-17H,2-3,10,13H2,1H3. The lowest BCUT2D eigenvalue weighted by molar-refractivity contribution is 0.453. The molecule has 4 rings (SSSR count). The van der Waals surface area contributed by atoms with Crippen molar-refractivity contribution < 1.29 is 22.0 Å². The fraction of sp³-hybridized carbons (Fsp3) is 0.172. The first-order valence-electron chi connectivity index (χ1n) is 11.0. The zero-order chi connectivity index (χ0) is 24.2. The van der Waals surface area contributed by atoms with Crippen molar-refractivity contribution in [1.29, 1.82) is 0 Å². The molecule has 0 unspecified atom stereocenters. The molecule has 0 bridgehead atoms. The molecule has 0 atom stereocenters. The van der Waals surface area contributed by atoms with Crippen LogP contribution >= 0.6 is 0 Å². The summed E-state index contributed by atoms with van der Waals surface area (Å²) in [7, 11) is 0. The third kappa shape index (κ3) is 5.12. The molecule has 4 aromatic carbocycles. The Hall–Kier alpha value is -3.65. The molecule has 0 nitrogen and oxygen atoms in total. The number of benzene rings is 4. The number of hydrogen-bond acceptors (Lipinski definition) is 0. The summed E-state index contributed by atoms with van der Waals surface area (Å²) < 4.78 is 69.3. The summed E-state index contributed by atoms with van der Waals surface area (Å²) in [6, 6.07) is 15.5. The van der Waals surface area contributed by atoms with E-state index in [0.717, 1.165) is 18.1 Å². The topological polar surface area (TPSA) is 0 Å². The maximum absolute atomic E-state index is 14.3. The van der Waals surface area contributed by atoms with Crippen molar-refractivity contribution in [3.05, 3.63) is 118 Å². The first kappa shape index (κ1) is 23.5. The van der Waals surface area contributed by atoms with Crippen molar-refractivity contribution in [2.75, 3.05) is 0 Å². The van der Waals surface area contributed by atoms with Gasteiger partial charge in [0.2, 0.25) is 0 Å². The lowest BCUT2D eigenvalue weighted by Gasteiger charge is -2.08. The molecular formula is C29H21F5. The van der Waals surface area contributed by atoms with Crippen LogP contribution in [0.4, 0.5) is 22.0 Å². The Morgan fingerprint density at radius 2 is 1.24 bits per heavy atom. The van der Waals surface area contributed by atoms with Gasteiger partial charge in [-0.15, -0.1) is 0 Å². The first-order chi connectivity index (χ1) is 16.4. The minimum Gasteiger partial charge on any atom is -0.207 e. The molecule has 172 valence electrons. The fourth-order valence-corrected chi connectivity index (χ4v) is 3.88. The predicted octanol–water partition coefficient (Wildman–Crippen LogP) is 7.67. The molecule has 0 aliphatic carbocycles. The van der Waals surface area contributed by atoms with Gasteiger partial charge < -0.3 is 0 Å². The Kier molecular flexibility index (Phi) is 6.98. The lowest BCUT2D eigenvalue weighted by atomic mass is 10.00. The van der Waals surface area contributed by atoms with E-state index in [1.165, 1.54) is 24.3 Å². The summed E-state index contributed by atoms with van der Waals surface area (Å²) in [5.41, 5.74) is 2.91. The van der Waals surface area contributed by atoms with Gasteiger partial charge in [0, 0.05) is 22.1 Å². The third-order valence-corrected chi connectivity index (χ3v) is 5.68. The molecule has 0 spiro atoms. The number of fused-ring (bicyclic) bond motifs is 1. The third-order valence-electron chi connectivity index (χ3n) is 5.68. The van der Waals surface area contributed by atoms with Crippen LogP contribution in [0.5, 0.6) is 0 Å². The molecule has 0 N–H and O–H groups in total. The summed E-state index contributed by atoms with van der Waals surface area (Å²) in [4.78, 5) is 0. The normalized spacial score (nSPS) is 10.9. The monoisotopic (exact) mass is 464 g/mol. The average Bonchev–Trinajstić information content (AvgIpc) is 2.81. The molecule has 0 aliphatic rings. The largest absolute Gasteiger partial charge is 0.207 e. The Morgan fingerprint density at radius 3 is 1.91 bits per heavy atom. The highest BCUT2D eigenvalue weighted by atomic mass is 19.2. The van der Waals surface area contributed by atoms with Crippen LogP contribution in [0.15, 0.2) is 60.7 Å². The van der Waals surface area contributed by atoms with E-state index in [1.54, 1.807) is 18.2 Å². The molecule has 34 heavy (non-hydrogen) atoms. The Balaban J connectivity index is 1.46. The zero-order valence-electron chi connectivity index (χ0n) is 18.5. The quantitative estimate of drug-likeness (QED) is 0.161. The highest BCUT2D eigenvalue weighted by molar-refractivity contribution is 5.84. The number of halogens is 5. The van der Waals surface area contributed by atoms with E-state index in [-0.39, 0.29) is 22.8 Å². The predicted molar refractivity (Wildman–Crippen MR) is 124 cm³/mol. The molecule has 0 aliphatic heterocycles. The molecule has 0 radical (unpaired) electrons. The molecule has 0 amide bonds. The van der Waals surface area contributed by atoms with Gasteiger partial charge >= 0.3 is 0 Å². The second-order valence-corrected chi connectivity index (χ2v) is 8.16. The van der Waals surface area contributed by atoms with Crippen molar-refractivity contribution in [2.24, 2.45) is 0 Å². The highest BCUT2D eigenvalue weighted by Crippen LogP contribution is 2.24. The van der Waals surface area contributed by atoms with E-state index in [1.807, 2.05) is 19.1 Å². The van der Waals surface area contributed by atoms with Gasteiger partial charge in [-0.3, -0.25) is 0 Å². The molecule has 0 aromatic heterocycles. The van der Waals surface area contributed by atoms with Gasteiger partial charge in [-0.05, 0) is 78.2 Å². The molecule has 0 saturated carbocycles. The van der Waals surface area contributed by atoms with Gasteiger partial charge in [-0.2, -0.15) is 0 Å². The minimum atomic E-state index is -1.49. The van der Waals surface area contributed by atoms with Gasteiger partial charge in [0.25, 0.3) is 0 Å². The van der Waals surface area contributed by atoms with Gasteiger partial charge in [0.05, 0.1) is 0 Å². The summed E-state index contributed by atoms with van der Waals surface area (Å²) in [6.45, 7) is 1.96. The smallest absolute Gasteiger partial charge is 0.195 e. The van der Waals surface area contributed by atoms with Crippen molar-refractivity contribution in [2.45, 2.75) is 32.6 Å². The van der Waals surface area contributed by atoms with Crippen molar-refractivity contribution in [3.8, 4) is 11.8 Å². The summed E-state index contributed by atoms with van der Waals surface area (Å²) in [5, 5.41) is 0.211. The lowest BCUT2D eigenvalue weighted by Crippen LogP contribution is -2.01. The van der Waals surface area contributed by atoms with E-state index in [2.05, 4.69) is 11.8 Å². The minimum absolute atomic E-state index is 0.0123. The Bertz CT molecular complexity index is 1390. The van der Waals surface area contributed by atoms with Gasteiger partial charge in [0.15, 0.2) is 17.5 Å². The van der Waals surface area contributed by atoms with Crippen molar-refractivity contribution in [3.63, 3.8) is 0 Å². The van der Waals surface area contributed by atoms with Crippen LogP contribution in [0.3, 0.4) is 0 Å². The van der Waals surface area contributed by atoms with Gasteiger partial charge in [-0.25, -0.2) is 22.0 Å². The number of rotatable bonds is 5. The Morgan fingerprint density at radius 1 is 0.588 bits per heavy atom. The van der Waals surface area contributed by atoms with Crippen LogP contribution < -0.4 is 0 Å². The van der Waals surface area contributed by atoms with Gasteiger partial charge in [0.1, 0.15) is 11.6 Å². The molecule has 4 aromatic rings. The van der Waals surface area contributed by atoms with Gasteiger partial charge in [-0.1, -0.05) is 43.4 Å². The van der Waals surface area contributed by atoms with Crippen LogP contribution in [0.2, 0.25) is 0 Å². The van der Waals surface area contributed by atoms with Crippen LogP contribution in [-0.2, 0) is 19.3 Å². The van der Waals surface area contributed by atoms with E-state index in [0.29, 0.717) is 29.5 Å². The summed E-state index contributed by atoms with van der Waals surface area (Å²) in [5.74, 6) is 0.915. The maximum Gasteiger partial charge on any atom is 0.195 e. The first-order valence-corrected chi connectivity index (χ1v) is 11.0. The molecule has 0 saturated heterocycles. The van der Waals surface area contributed by atoms with Crippen LogP contribution in [0.1, 0.15) is 41.2 Å². The van der Waals surface area contributed by atoms with Crippen molar-refractivity contribution >= 4 is 10.8 Å². The molecule has 0 heterocycles. The second kappa shape index (κ2) is 10.1. The maximum atomic E-state index is 14.3. The molecule has 5 heteroatoms. The van der Waals surface area contributed by atoms with E-state index < -0.39 is 29.1 Å². The average molecular weight is 464 g/mol. The zero-order valence-corrected chi connectivity index (χ0v) is 18.5. The SMILES string of the molecule is CCCc1cc(F)c(CCc2ccc(C#Cc3ccc4c(F)c(F)c(F)cc4c3)cc2)c(F)c1. The van der Waals surface area contributed by atoms with Crippen LogP contribution in [-0.4, -0.2) is 0 Å².